The number of rotatable bonds is 10. The number of aliphatic hydroxyl groups is 1. The SMILES string of the molecule is C[C@H](C[C@H](O)[C@@H](N)CN1CC(=O)N(c2ccccc2Cl)CC1(C)C)C(=O)NCC(C)(C)C.O=C(O)/C=C/C(=O)O. The maximum absolute atomic E-state index is 12.9. The summed E-state index contributed by atoms with van der Waals surface area (Å²) >= 11 is 6.31. The van der Waals surface area contributed by atoms with E-state index < -0.39 is 24.1 Å². The fourth-order valence-corrected chi connectivity index (χ4v) is 4.17. The summed E-state index contributed by atoms with van der Waals surface area (Å²) in [4.78, 5) is 48.1. The average molecular weight is 583 g/mol. The van der Waals surface area contributed by atoms with E-state index in [1.54, 1.807) is 17.9 Å². The van der Waals surface area contributed by atoms with E-state index in [9.17, 15) is 24.3 Å². The van der Waals surface area contributed by atoms with Gasteiger partial charge in [0.2, 0.25) is 11.8 Å². The van der Waals surface area contributed by atoms with Gasteiger partial charge in [0.1, 0.15) is 0 Å². The number of anilines is 1. The Bertz CT molecular complexity index is 1050. The van der Waals surface area contributed by atoms with Crippen molar-refractivity contribution >= 4 is 41.0 Å². The standard InChI is InChI=1S/C24H39ClN4O3.C4H4O4/c1-16(22(32)27-14-23(2,3)4)11-20(30)18(26)12-28-13-21(31)29(15-24(28,5)6)19-10-8-7-9-17(19)25;5-3(6)1-2-4(7)8/h7-10,16,18,20,30H,11-15,26H2,1-6H3,(H,27,32);1-2H,(H,5,6)(H,7,8)/b;2-1+/t16-,18+,20+;/m1./s1. The number of amides is 2. The van der Waals surface area contributed by atoms with Gasteiger partial charge in [-0.3, -0.25) is 14.5 Å². The number of hydrogen-bond acceptors (Lipinski definition) is 7. The van der Waals surface area contributed by atoms with Gasteiger partial charge in [0.15, 0.2) is 0 Å². The maximum Gasteiger partial charge on any atom is 0.328 e. The number of carbonyl (C=O) groups excluding carboxylic acids is 2. The van der Waals surface area contributed by atoms with Crippen molar-refractivity contribution in [2.75, 3.05) is 31.1 Å². The molecule has 0 saturated carbocycles. The third-order valence-corrected chi connectivity index (χ3v) is 6.62. The van der Waals surface area contributed by atoms with Crippen LogP contribution >= 0.6 is 11.6 Å². The molecule has 1 aromatic rings. The van der Waals surface area contributed by atoms with Crippen LogP contribution in [0, 0.1) is 11.3 Å². The van der Waals surface area contributed by atoms with Crippen LogP contribution in [0.3, 0.4) is 0 Å². The van der Waals surface area contributed by atoms with Crippen molar-refractivity contribution in [2.45, 2.75) is 65.6 Å². The molecule has 12 heteroatoms. The third kappa shape index (κ3) is 12.0. The summed E-state index contributed by atoms with van der Waals surface area (Å²) in [5.41, 5.74) is 6.64. The molecule has 0 unspecified atom stereocenters. The van der Waals surface area contributed by atoms with Crippen LogP contribution in [0.15, 0.2) is 36.4 Å². The zero-order valence-corrected chi connectivity index (χ0v) is 24.8. The molecule has 0 aromatic heterocycles. The van der Waals surface area contributed by atoms with Gasteiger partial charge in [0.05, 0.1) is 23.4 Å². The number of aliphatic carboxylic acids is 2. The van der Waals surface area contributed by atoms with Gasteiger partial charge in [-0.05, 0) is 37.8 Å². The zero-order chi connectivity index (χ0) is 30.8. The number of carboxylic acid groups (broad SMARTS) is 2. The molecule has 0 bridgehead atoms. The van der Waals surface area contributed by atoms with Gasteiger partial charge < -0.3 is 31.3 Å². The van der Waals surface area contributed by atoms with Crippen molar-refractivity contribution in [2.24, 2.45) is 17.1 Å². The predicted molar refractivity (Wildman–Crippen MR) is 154 cm³/mol. The van der Waals surface area contributed by atoms with Crippen molar-refractivity contribution in [3.8, 4) is 0 Å². The van der Waals surface area contributed by atoms with Gasteiger partial charge in [0.25, 0.3) is 0 Å². The number of halogens is 1. The molecule has 11 nitrogen and oxygen atoms in total. The molecule has 0 radical (unpaired) electrons. The summed E-state index contributed by atoms with van der Waals surface area (Å²) in [6, 6.07) is 6.73. The highest BCUT2D eigenvalue weighted by Gasteiger charge is 2.40. The van der Waals surface area contributed by atoms with Gasteiger partial charge in [-0.15, -0.1) is 0 Å². The third-order valence-electron chi connectivity index (χ3n) is 6.30. The Morgan fingerprint density at radius 2 is 1.70 bits per heavy atom. The van der Waals surface area contributed by atoms with Crippen molar-refractivity contribution < 1.29 is 34.5 Å². The lowest BCUT2D eigenvalue weighted by Gasteiger charge is -2.47. The molecule has 6 N–H and O–H groups in total. The van der Waals surface area contributed by atoms with Gasteiger partial charge in [-0.1, -0.05) is 51.4 Å². The summed E-state index contributed by atoms with van der Waals surface area (Å²) < 4.78 is 0. The Labute approximate surface area is 241 Å². The number of benzene rings is 1. The largest absolute Gasteiger partial charge is 0.478 e. The first-order chi connectivity index (χ1) is 18.3. The van der Waals surface area contributed by atoms with Crippen molar-refractivity contribution in [1.29, 1.82) is 0 Å². The quantitative estimate of drug-likeness (QED) is 0.259. The smallest absolute Gasteiger partial charge is 0.328 e. The molecular weight excluding hydrogens is 540 g/mol. The van der Waals surface area contributed by atoms with Gasteiger partial charge in [-0.25, -0.2) is 9.59 Å². The first-order valence-corrected chi connectivity index (χ1v) is 13.4. The molecule has 1 aliphatic heterocycles. The van der Waals surface area contributed by atoms with Crippen molar-refractivity contribution in [3.05, 3.63) is 41.4 Å². The van der Waals surface area contributed by atoms with Crippen LogP contribution < -0.4 is 16.0 Å². The summed E-state index contributed by atoms with van der Waals surface area (Å²) in [6.07, 6.45) is 0.536. The number of aliphatic hydroxyl groups excluding tert-OH is 1. The second-order valence-electron chi connectivity index (χ2n) is 11.8. The molecule has 3 atom stereocenters. The molecule has 2 amide bonds. The number of carbonyl (C=O) groups is 4. The molecule has 1 fully saturated rings. The fraction of sp³-hybridized carbons (Fsp3) is 0.571. The van der Waals surface area contributed by atoms with E-state index in [1.807, 2.05) is 36.9 Å². The number of carboxylic acids is 2. The van der Waals surface area contributed by atoms with E-state index in [-0.39, 0.29) is 41.7 Å². The Morgan fingerprint density at radius 1 is 1.15 bits per heavy atom. The van der Waals surface area contributed by atoms with Crippen LogP contribution in [0.25, 0.3) is 0 Å². The van der Waals surface area contributed by atoms with E-state index in [0.29, 0.717) is 42.5 Å². The highest BCUT2D eigenvalue weighted by Crippen LogP contribution is 2.31. The monoisotopic (exact) mass is 582 g/mol. The molecular formula is C28H43ClN4O7. The Balaban J connectivity index is 0.000000869. The molecule has 2 rings (SSSR count). The number of nitrogens with one attached hydrogen (secondary N) is 1. The van der Waals surface area contributed by atoms with Gasteiger partial charge >= 0.3 is 11.9 Å². The minimum atomic E-state index is -1.26. The topological polar surface area (TPSA) is 173 Å². The lowest BCUT2D eigenvalue weighted by Crippen LogP contribution is -2.64. The lowest BCUT2D eigenvalue weighted by atomic mass is 9.93. The molecule has 224 valence electrons. The molecule has 1 heterocycles. The summed E-state index contributed by atoms with van der Waals surface area (Å²) in [5.74, 6) is -3.02. The van der Waals surface area contributed by atoms with Crippen LogP contribution in [0.4, 0.5) is 5.69 Å². The van der Waals surface area contributed by atoms with Gasteiger partial charge in [0, 0.05) is 49.3 Å². The highest BCUT2D eigenvalue weighted by molar-refractivity contribution is 6.33. The summed E-state index contributed by atoms with van der Waals surface area (Å²) in [5, 5.41) is 29.7. The van der Waals surface area contributed by atoms with Crippen LogP contribution in [0.1, 0.15) is 48.0 Å². The lowest BCUT2D eigenvalue weighted by molar-refractivity contribution is -0.134. The predicted octanol–water partition coefficient (Wildman–Crippen LogP) is 2.36. The van der Waals surface area contributed by atoms with E-state index in [2.05, 4.69) is 26.1 Å². The first-order valence-electron chi connectivity index (χ1n) is 13.0. The summed E-state index contributed by atoms with van der Waals surface area (Å²) in [6.45, 7) is 13.6. The van der Waals surface area contributed by atoms with Crippen LogP contribution in [0.2, 0.25) is 5.02 Å². The second-order valence-corrected chi connectivity index (χ2v) is 12.2. The Kier molecular flexibility index (Phi) is 13.3. The number of nitrogens with two attached hydrogens (primary N) is 1. The second kappa shape index (κ2) is 15.1. The molecule has 40 heavy (non-hydrogen) atoms. The highest BCUT2D eigenvalue weighted by atomic mass is 35.5. The normalized spacial score (nSPS) is 17.9. The van der Waals surface area contributed by atoms with E-state index in [1.165, 1.54) is 0 Å². The van der Waals surface area contributed by atoms with E-state index in [0.717, 1.165) is 0 Å². The molecule has 0 spiro atoms. The average Bonchev–Trinajstić information content (AvgIpc) is 2.83. The van der Waals surface area contributed by atoms with Crippen LogP contribution in [0.5, 0.6) is 0 Å². The van der Waals surface area contributed by atoms with E-state index in [4.69, 9.17) is 27.5 Å². The molecule has 1 saturated heterocycles. The molecule has 0 aliphatic carbocycles. The molecule has 1 aromatic carbocycles. The first kappa shape index (κ1) is 35.0. The Morgan fingerprint density at radius 3 is 2.20 bits per heavy atom. The Hall–Kier alpha value is -2.99. The van der Waals surface area contributed by atoms with E-state index >= 15 is 0 Å². The fourth-order valence-electron chi connectivity index (χ4n) is 3.93. The minimum absolute atomic E-state index is 0.00532. The van der Waals surface area contributed by atoms with Crippen LogP contribution in [-0.2, 0) is 19.2 Å². The van der Waals surface area contributed by atoms with Crippen molar-refractivity contribution in [3.63, 3.8) is 0 Å². The number of hydrogen-bond donors (Lipinski definition) is 5. The maximum atomic E-state index is 12.9. The van der Waals surface area contributed by atoms with Crippen molar-refractivity contribution in [1.82, 2.24) is 10.2 Å². The van der Waals surface area contributed by atoms with Gasteiger partial charge in [-0.2, -0.15) is 0 Å². The molecule has 1 aliphatic rings. The number of piperazine rings is 1. The zero-order valence-electron chi connectivity index (χ0n) is 24.1. The summed E-state index contributed by atoms with van der Waals surface area (Å²) in [7, 11) is 0. The number of para-hydroxylation sites is 1. The number of nitrogens with zero attached hydrogens (tertiary/aromatic N) is 2. The minimum Gasteiger partial charge on any atom is -0.478 e. The van der Waals surface area contributed by atoms with Crippen LogP contribution in [-0.4, -0.2) is 87.8 Å².